The normalized spacial score (nSPS) is 9.60. The predicted molar refractivity (Wildman–Crippen MR) is 73.7 cm³/mol. The fourth-order valence-corrected chi connectivity index (χ4v) is 1.54. The van der Waals surface area contributed by atoms with Crippen molar-refractivity contribution in [3.63, 3.8) is 0 Å². The maximum absolute atomic E-state index is 11.8. The Morgan fingerprint density at radius 1 is 1.40 bits per heavy atom. The van der Waals surface area contributed by atoms with Gasteiger partial charge in [0.15, 0.2) is 0 Å². The van der Waals surface area contributed by atoms with Crippen LogP contribution < -0.4 is 15.8 Å². The first-order valence-electron chi connectivity index (χ1n) is 5.80. The number of nitrogens with zero attached hydrogens (tertiary/aromatic N) is 3. The molecule has 0 radical (unpaired) electrons. The van der Waals surface area contributed by atoms with E-state index >= 15 is 0 Å². The third kappa shape index (κ3) is 4.48. The van der Waals surface area contributed by atoms with E-state index in [4.69, 9.17) is 21.0 Å². The number of carbonyl (C=O) groups is 1. The number of carbonyl (C=O) groups excluding carboxylic acids is 1. The molecule has 7 nitrogen and oxygen atoms in total. The van der Waals surface area contributed by atoms with Crippen molar-refractivity contribution in [1.29, 1.82) is 10.5 Å². The van der Waals surface area contributed by atoms with Crippen LogP contribution in [0.5, 0.6) is 5.75 Å². The van der Waals surface area contributed by atoms with Crippen LogP contribution in [-0.2, 0) is 4.79 Å². The highest BCUT2D eigenvalue weighted by Crippen LogP contribution is 2.23. The number of rotatable bonds is 6. The van der Waals surface area contributed by atoms with Gasteiger partial charge in [-0.3, -0.25) is 9.69 Å². The summed E-state index contributed by atoms with van der Waals surface area (Å²) < 4.78 is 5.01. The standard InChI is InChI=1S/C13H15N5O2/c1-20-10-2-3-12(11(16)8-10)17-13(19)9-18(6-4-14)7-5-15/h2-3,8H,6-7,9,16H2,1H3,(H,17,19). The minimum Gasteiger partial charge on any atom is -0.497 e. The summed E-state index contributed by atoms with van der Waals surface area (Å²) in [6, 6.07) is 8.70. The molecule has 3 N–H and O–H groups in total. The van der Waals surface area contributed by atoms with E-state index in [0.29, 0.717) is 17.1 Å². The van der Waals surface area contributed by atoms with Crippen molar-refractivity contribution in [2.24, 2.45) is 0 Å². The maximum Gasteiger partial charge on any atom is 0.238 e. The summed E-state index contributed by atoms with van der Waals surface area (Å²) in [6.07, 6.45) is 0. The number of nitrogens with two attached hydrogens (primary N) is 1. The van der Waals surface area contributed by atoms with E-state index in [9.17, 15) is 4.79 Å². The van der Waals surface area contributed by atoms with Crippen molar-refractivity contribution in [1.82, 2.24) is 4.90 Å². The molecule has 7 heteroatoms. The zero-order valence-corrected chi connectivity index (χ0v) is 11.1. The third-order valence-corrected chi connectivity index (χ3v) is 2.49. The Kier molecular flexibility index (Phi) is 5.82. The molecule has 104 valence electrons. The second-order valence-corrected chi connectivity index (χ2v) is 3.96. The maximum atomic E-state index is 11.8. The van der Waals surface area contributed by atoms with Crippen molar-refractivity contribution in [3.8, 4) is 17.9 Å². The smallest absolute Gasteiger partial charge is 0.238 e. The van der Waals surface area contributed by atoms with Crippen LogP contribution >= 0.6 is 0 Å². The minimum absolute atomic E-state index is 0.0130. The van der Waals surface area contributed by atoms with E-state index in [1.54, 1.807) is 18.2 Å². The quantitative estimate of drug-likeness (QED) is 0.578. The average molecular weight is 273 g/mol. The highest BCUT2D eigenvalue weighted by molar-refractivity contribution is 5.95. The molecule has 0 aliphatic carbocycles. The number of hydrogen-bond acceptors (Lipinski definition) is 6. The van der Waals surface area contributed by atoms with Gasteiger partial charge in [-0.15, -0.1) is 0 Å². The van der Waals surface area contributed by atoms with Gasteiger partial charge in [0.25, 0.3) is 0 Å². The topological polar surface area (TPSA) is 115 Å². The summed E-state index contributed by atoms with van der Waals surface area (Å²) in [5.41, 5.74) is 6.62. The number of nitrogen functional groups attached to an aromatic ring is 1. The Labute approximate surface area is 117 Å². The van der Waals surface area contributed by atoms with Gasteiger partial charge < -0.3 is 15.8 Å². The highest BCUT2D eigenvalue weighted by Gasteiger charge is 2.11. The van der Waals surface area contributed by atoms with E-state index in [1.165, 1.54) is 12.0 Å². The number of benzene rings is 1. The summed E-state index contributed by atoms with van der Waals surface area (Å²) >= 11 is 0. The molecule has 1 rings (SSSR count). The lowest BCUT2D eigenvalue weighted by Gasteiger charge is -2.15. The molecule has 0 saturated heterocycles. The summed E-state index contributed by atoms with van der Waals surface area (Å²) in [5, 5.41) is 19.8. The van der Waals surface area contributed by atoms with Crippen LogP contribution in [0.4, 0.5) is 11.4 Å². The van der Waals surface area contributed by atoms with E-state index < -0.39 is 0 Å². The fraction of sp³-hybridized carbons (Fsp3) is 0.308. The molecule has 20 heavy (non-hydrogen) atoms. The summed E-state index contributed by atoms with van der Waals surface area (Å²) in [6.45, 7) is -0.0231. The minimum atomic E-state index is -0.340. The van der Waals surface area contributed by atoms with Crippen LogP contribution in [0.3, 0.4) is 0 Å². The van der Waals surface area contributed by atoms with Gasteiger partial charge in [0.05, 0.1) is 50.3 Å². The summed E-state index contributed by atoms with van der Waals surface area (Å²) in [4.78, 5) is 13.2. The van der Waals surface area contributed by atoms with Gasteiger partial charge in [0.1, 0.15) is 5.75 Å². The molecule has 1 aromatic rings. The lowest BCUT2D eigenvalue weighted by molar-refractivity contribution is -0.117. The SMILES string of the molecule is COc1ccc(NC(=O)CN(CC#N)CC#N)c(N)c1. The lowest BCUT2D eigenvalue weighted by atomic mass is 10.2. The van der Waals surface area contributed by atoms with Crippen molar-refractivity contribution in [3.05, 3.63) is 18.2 Å². The lowest BCUT2D eigenvalue weighted by Crippen LogP contribution is -2.34. The monoisotopic (exact) mass is 273 g/mol. The molecule has 0 atom stereocenters. The Balaban J connectivity index is 2.66. The van der Waals surface area contributed by atoms with Crippen LogP contribution in [-0.4, -0.2) is 37.6 Å². The zero-order chi connectivity index (χ0) is 15.0. The molecule has 0 aromatic heterocycles. The van der Waals surface area contributed by atoms with Crippen LogP contribution in [0.25, 0.3) is 0 Å². The second kappa shape index (κ2) is 7.62. The molecule has 0 saturated carbocycles. The van der Waals surface area contributed by atoms with Gasteiger partial charge in [-0.1, -0.05) is 0 Å². The van der Waals surface area contributed by atoms with Gasteiger partial charge in [0.2, 0.25) is 5.91 Å². The number of methoxy groups -OCH3 is 1. The van der Waals surface area contributed by atoms with Crippen molar-refractivity contribution < 1.29 is 9.53 Å². The molecular weight excluding hydrogens is 258 g/mol. The molecule has 0 bridgehead atoms. The third-order valence-electron chi connectivity index (χ3n) is 2.49. The number of nitriles is 2. The van der Waals surface area contributed by atoms with Crippen molar-refractivity contribution in [2.45, 2.75) is 0 Å². The van der Waals surface area contributed by atoms with Crippen molar-refractivity contribution in [2.75, 3.05) is 37.8 Å². The van der Waals surface area contributed by atoms with Crippen molar-refractivity contribution >= 4 is 17.3 Å². The second-order valence-electron chi connectivity index (χ2n) is 3.96. The Hall–Kier alpha value is -2.77. The molecule has 0 heterocycles. The van der Waals surface area contributed by atoms with Crippen LogP contribution in [0.1, 0.15) is 0 Å². The van der Waals surface area contributed by atoms with Crippen LogP contribution in [0.2, 0.25) is 0 Å². The Morgan fingerprint density at radius 3 is 2.55 bits per heavy atom. The first-order valence-corrected chi connectivity index (χ1v) is 5.80. The highest BCUT2D eigenvalue weighted by atomic mass is 16.5. The van der Waals surface area contributed by atoms with Gasteiger partial charge >= 0.3 is 0 Å². The largest absolute Gasteiger partial charge is 0.497 e. The van der Waals surface area contributed by atoms with Gasteiger partial charge in [-0.2, -0.15) is 10.5 Å². The molecule has 0 unspecified atom stereocenters. The Bertz CT molecular complexity index is 543. The first-order chi connectivity index (χ1) is 9.60. The van der Waals surface area contributed by atoms with Gasteiger partial charge in [0, 0.05) is 6.07 Å². The molecule has 0 fully saturated rings. The molecule has 1 amide bonds. The number of amides is 1. The number of hydrogen-bond donors (Lipinski definition) is 2. The fourth-order valence-electron chi connectivity index (χ4n) is 1.54. The van der Waals surface area contributed by atoms with E-state index in [0.717, 1.165) is 0 Å². The number of anilines is 2. The average Bonchev–Trinajstić information content (AvgIpc) is 2.41. The summed E-state index contributed by atoms with van der Waals surface area (Å²) in [5.74, 6) is 0.253. The predicted octanol–water partition coefficient (Wildman–Crippen LogP) is 0.565. The molecule has 0 aliphatic heterocycles. The first kappa shape index (κ1) is 15.3. The van der Waals surface area contributed by atoms with Crippen LogP contribution in [0, 0.1) is 22.7 Å². The van der Waals surface area contributed by atoms with Gasteiger partial charge in [-0.25, -0.2) is 0 Å². The van der Waals surface area contributed by atoms with E-state index in [-0.39, 0.29) is 25.5 Å². The summed E-state index contributed by atoms with van der Waals surface area (Å²) in [7, 11) is 1.52. The molecule has 1 aromatic carbocycles. The van der Waals surface area contributed by atoms with E-state index in [1.807, 2.05) is 12.1 Å². The molecule has 0 spiro atoms. The van der Waals surface area contributed by atoms with Crippen LogP contribution in [0.15, 0.2) is 18.2 Å². The number of ether oxygens (including phenoxy) is 1. The van der Waals surface area contributed by atoms with E-state index in [2.05, 4.69) is 5.32 Å². The zero-order valence-electron chi connectivity index (χ0n) is 11.1. The van der Waals surface area contributed by atoms with Gasteiger partial charge in [-0.05, 0) is 12.1 Å². The number of nitrogens with one attached hydrogen (secondary N) is 1. The molecule has 0 aliphatic rings. The molecular formula is C13H15N5O2. The Morgan fingerprint density at radius 2 is 2.05 bits per heavy atom.